The van der Waals surface area contributed by atoms with Gasteiger partial charge in [-0.05, 0) is 19.3 Å². The molecule has 18 heavy (non-hydrogen) atoms. The number of carbonyl (C=O) groups excluding carboxylic acids is 1. The topological polar surface area (TPSA) is 64.1 Å². The van der Waals surface area contributed by atoms with Gasteiger partial charge in [-0.15, -0.1) is 0 Å². The summed E-state index contributed by atoms with van der Waals surface area (Å²) in [7, 11) is 0. The van der Waals surface area contributed by atoms with E-state index in [9.17, 15) is 4.79 Å². The van der Waals surface area contributed by atoms with Crippen molar-refractivity contribution in [1.29, 1.82) is 0 Å². The molecule has 98 valence electrons. The van der Waals surface area contributed by atoms with E-state index in [-0.39, 0.29) is 11.7 Å². The molecule has 1 aromatic rings. The minimum atomic E-state index is 0.0665. The van der Waals surface area contributed by atoms with Gasteiger partial charge in [-0.1, -0.05) is 6.92 Å². The van der Waals surface area contributed by atoms with Gasteiger partial charge in [-0.2, -0.15) is 0 Å². The first-order valence-electron chi connectivity index (χ1n) is 6.49. The zero-order chi connectivity index (χ0) is 12.8. The molecule has 0 radical (unpaired) electrons. The van der Waals surface area contributed by atoms with Gasteiger partial charge < -0.3 is 10.1 Å². The van der Waals surface area contributed by atoms with E-state index in [1.165, 1.54) is 0 Å². The first kappa shape index (κ1) is 13.0. The molecule has 0 unspecified atom stereocenters. The second kappa shape index (κ2) is 6.44. The average Bonchev–Trinajstić information content (AvgIpc) is 2.46. The predicted molar refractivity (Wildman–Crippen MR) is 68.7 cm³/mol. The fraction of sp³-hybridized carbons (Fsp3) is 0.615. The lowest BCUT2D eigenvalue weighted by atomic mass is 9.92. The number of hydrogen-bond donors (Lipinski definition) is 1. The highest BCUT2D eigenvalue weighted by atomic mass is 16.5. The van der Waals surface area contributed by atoms with Crippen molar-refractivity contribution in [3.63, 3.8) is 0 Å². The molecule has 1 aliphatic heterocycles. The summed E-state index contributed by atoms with van der Waals surface area (Å²) in [5, 5.41) is 3.09. The smallest absolute Gasteiger partial charge is 0.222 e. The molecule has 0 saturated carbocycles. The number of nitrogens with zero attached hydrogens (tertiary/aromatic N) is 2. The van der Waals surface area contributed by atoms with Crippen molar-refractivity contribution < 1.29 is 9.53 Å². The molecule has 0 aliphatic carbocycles. The van der Waals surface area contributed by atoms with E-state index in [1.54, 1.807) is 12.4 Å². The Morgan fingerprint density at radius 3 is 2.67 bits per heavy atom. The summed E-state index contributed by atoms with van der Waals surface area (Å²) in [6.07, 6.45) is 5.85. The van der Waals surface area contributed by atoms with E-state index in [1.807, 2.05) is 0 Å². The van der Waals surface area contributed by atoms with Gasteiger partial charge in [0.25, 0.3) is 0 Å². The molecule has 5 heteroatoms. The Kier molecular flexibility index (Phi) is 4.64. The quantitative estimate of drug-likeness (QED) is 0.807. The van der Waals surface area contributed by atoms with Crippen LogP contribution in [0.15, 0.2) is 12.4 Å². The lowest BCUT2D eigenvalue weighted by molar-refractivity contribution is 0.0544. The second-order valence-corrected chi connectivity index (χ2v) is 4.47. The molecule has 0 bridgehead atoms. The van der Waals surface area contributed by atoms with Crippen molar-refractivity contribution in [3.05, 3.63) is 18.0 Å². The summed E-state index contributed by atoms with van der Waals surface area (Å²) >= 11 is 0. The number of nitrogens with one attached hydrogen (secondary N) is 1. The Hall–Kier alpha value is -1.49. The molecular weight excluding hydrogens is 230 g/mol. The molecular formula is C13H19N3O2. The lowest BCUT2D eigenvalue weighted by Gasteiger charge is -2.20. The highest BCUT2D eigenvalue weighted by Crippen LogP contribution is 2.19. The molecule has 5 nitrogen and oxygen atoms in total. The van der Waals surface area contributed by atoms with Crippen LogP contribution in [0.3, 0.4) is 0 Å². The largest absolute Gasteiger partial charge is 0.381 e. The number of carbonyl (C=O) groups is 1. The maximum absolute atomic E-state index is 12.2. The number of Topliss-reactive ketones (excluding diaryl/α,β-unsaturated/α-hetero) is 1. The molecule has 2 heterocycles. The van der Waals surface area contributed by atoms with Crippen LogP contribution in [0.5, 0.6) is 0 Å². The highest BCUT2D eigenvalue weighted by molar-refractivity contribution is 5.97. The van der Waals surface area contributed by atoms with Crippen LogP contribution in [0.1, 0.15) is 36.5 Å². The van der Waals surface area contributed by atoms with Crippen LogP contribution in [-0.4, -0.2) is 35.5 Å². The van der Waals surface area contributed by atoms with Gasteiger partial charge in [0.1, 0.15) is 0 Å². The van der Waals surface area contributed by atoms with Gasteiger partial charge >= 0.3 is 0 Å². The molecule has 0 spiro atoms. The van der Waals surface area contributed by atoms with E-state index in [0.29, 0.717) is 24.7 Å². The summed E-state index contributed by atoms with van der Waals surface area (Å²) in [5.74, 6) is 0.789. The highest BCUT2D eigenvalue weighted by Gasteiger charge is 2.23. The average molecular weight is 249 g/mol. The molecule has 1 aliphatic rings. The van der Waals surface area contributed by atoms with E-state index >= 15 is 0 Å². The summed E-state index contributed by atoms with van der Waals surface area (Å²) < 4.78 is 5.26. The van der Waals surface area contributed by atoms with Crippen molar-refractivity contribution in [2.24, 2.45) is 5.92 Å². The van der Waals surface area contributed by atoms with Crippen molar-refractivity contribution in [1.82, 2.24) is 9.97 Å². The Morgan fingerprint density at radius 2 is 2.06 bits per heavy atom. The third-order valence-electron chi connectivity index (χ3n) is 3.06. The molecule has 0 atom stereocenters. The first-order chi connectivity index (χ1) is 8.81. The number of ketones is 1. The summed E-state index contributed by atoms with van der Waals surface area (Å²) in [6.45, 7) is 4.27. The zero-order valence-electron chi connectivity index (χ0n) is 10.7. The van der Waals surface area contributed by atoms with Crippen LogP contribution in [-0.2, 0) is 4.74 Å². The van der Waals surface area contributed by atoms with Gasteiger partial charge in [0.2, 0.25) is 5.95 Å². The molecule has 1 fully saturated rings. The van der Waals surface area contributed by atoms with E-state index < -0.39 is 0 Å². The summed E-state index contributed by atoms with van der Waals surface area (Å²) in [5.41, 5.74) is 0.601. The Bertz CT molecular complexity index is 386. The second-order valence-electron chi connectivity index (χ2n) is 4.47. The number of aromatic nitrogens is 2. The molecule has 2 rings (SSSR count). The van der Waals surface area contributed by atoms with E-state index in [0.717, 1.165) is 25.8 Å². The van der Waals surface area contributed by atoms with Crippen molar-refractivity contribution in [2.45, 2.75) is 26.2 Å². The van der Waals surface area contributed by atoms with Crippen LogP contribution in [0.25, 0.3) is 0 Å². The molecule has 0 aromatic carbocycles. The first-order valence-corrected chi connectivity index (χ1v) is 6.49. The minimum Gasteiger partial charge on any atom is -0.381 e. The van der Waals surface area contributed by atoms with Crippen molar-refractivity contribution in [2.75, 3.05) is 25.1 Å². The Morgan fingerprint density at radius 1 is 1.39 bits per heavy atom. The third kappa shape index (κ3) is 3.26. The normalized spacial score (nSPS) is 16.5. The summed E-state index contributed by atoms with van der Waals surface area (Å²) in [4.78, 5) is 20.5. The van der Waals surface area contributed by atoms with Crippen LogP contribution < -0.4 is 5.32 Å². The number of anilines is 1. The van der Waals surface area contributed by atoms with Crippen LogP contribution in [0.2, 0.25) is 0 Å². The maximum Gasteiger partial charge on any atom is 0.222 e. The van der Waals surface area contributed by atoms with Gasteiger partial charge in [-0.3, -0.25) is 4.79 Å². The SMILES string of the molecule is CCCNc1ncc(C(=O)C2CCOCC2)cn1. The monoisotopic (exact) mass is 249 g/mol. The van der Waals surface area contributed by atoms with E-state index in [2.05, 4.69) is 22.2 Å². The standard InChI is InChI=1S/C13H19N3O2/c1-2-5-14-13-15-8-11(9-16-13)12(17)10-3-6-18-7-4-10/h8-10H,2-7H2,1H3,(H,14,15,16). The van der Waals surface area contributed by atoms with Crippen LogP contribution in [0.4, 0.5) is 5.95 Å². The minimum absolute atomic E-state index is 0.0665. The maximum atomic E-state index is 12.2. The van der Waals surface area contributed by atoms with Crippen LogP contribution >= 0.6 is 0 Å². The van der Waals surface area contributed by atoms with Crippen LogP contribution in [0, 0.1) is 5.92 Å². The summed E-state index contributed by atoms with van der Waals surface area (Å²) in [6, 6.07) is 0. The van der Waals surface area contributed by atoms with Crippen molar-refractivity contribution >= 4 is 11.7 Å². The number of hydrogen-bond acceptors (Lipinski definition) is 5. The Labute approximate surface area is 107 Å². The van der Waals surface area contributed by atoms with Crippen molar-refractivity contribution in [3.8, 4) is 0 Å². The van der Waals surface area contributed by atoms with Gasteiger partial charge in [0.15, 0.2) is 5.78 Å². The third-order valence-corrected chi connectivity index (χ3v) is 3.06. The Balaban J connectivity index is 1.97. The lowest BCUT2D eigenvalue weighted by Crippen LogP contribution is -2.23. The van der Waals surface area contributed by atoms with Gasteiger partial charge in [0.05, 0.1) is 5.56 Å². The molecule has 0 amide bonds. The van der Waals surface area contributed by atoms with Gasteiger partial charge in [0, 0.05) is 38.1 Å². The number of ether oxygens (including phenoxy) is 1. The fourth-order valence-corrected chi connectivity index (χ4v) is 1.98. The fourth-order valence-electron chi connectivity index (χ4n) is 1.98. The molecule has 1 saturated heterocycles. The number of rotatable bonds is 5. The molecule has 1 N–H and O–H groups in total. The van der Waals surface area contributed by atoms with Gasteiger partial charge in [-0.25, -0.2) is 9.97 Å². The predicted octanol–water partition coefficient (Wildman–Crippen LogP) is 1.91. The molecule has 1 aromatic heterocycles. The zero-order valence-corrected chi connectivity index (χ0v) is 10.7. The van der Waals surface area contributed by atoms with E-state index in [4.69, 9.17) is 4.74 Å².